The van der Waals surface area contributed by atoms with E-state index < -0.39 is 42.0 Å². The van der Waals surface area contributed by atoms with E-state index in [1.54, 1.807) is 0 Å². The number of fused-ring (bicyclic) bond motifs is 1. The van der Waals surface area contributed by atoms with Crippen molar-refractivity contribution in [2.24, 2.45) is 0 Å². The second-order valence-corrected chi connectivity index (χ2v) is 5.30. The van der Waals surface area contributed by atoms with E-state index >= 15 is 0 Å². The Bertz CT molecular complexity index is 726. The van der Waals surface area contributed by atoms with E-state index in [1.165, 1.54) is 6.92 Å². The van der Waals surface area contributed by atoms with Crippen LogP contribution in [0.2, 0.25) is 0 Å². The van der Waals surface area contributed by atoms with Gasteiger partial charge < -0.3 is 14.2 Å². The summed E-state index contributed by atoms with van der Waals surface area (Å²) in [5.41, 5.74) is -1.06. The lowest BCUT2D eigenvalue weighted by atomic mass is 9.97. The number of rotatable bonds is 4. The molecule has 0 fully saturated rings. The molecule has 144 valence electrons. The average molecular weight is 405 g/mol. The van der Waals surface area contributed by atoms with Gasteiger partial charge in [-0.2, -0.15) is 13.2 Å². The van der Waals surface area contributed by atoms with Crippen LogP contribution in [0.5, 0.6) is 11.5 Å². The highest BCUT2D eigenvalue weighted by Gasteiger charge is 2.49. The molecule has 1 aliphatic heterocycles. The molecular formula is C15H11ClF6O4. The molecule has 0 N–H and O–H groups in total. The zero-order valence-electron chi connectivity index (χ0n) is 13.0. The molecule has 1 aliphatic rings. The molecule has 11 heteroatoms. The van der Waals surface area contributed by atoms with Crippen molar-refractivity contribution in [1.29, 1.82) is 0 Å². The van der Waals surface area contributed by atoms with Gasteiger partial charge in [0.05, 0.1) is 5.57 Å². The van der Waals surface area contributed by atoms with Gasteiger partial charge in [0.15, 0.2) is 6.07 Å². The fourth-order valence-corrected chi connectivity index (χ4v) is 2.45. The Hall–Kier alpha value is -2.10. The highest BCUT2D eigenvalue weighted by molar-refractivity contribution is 6.17. The Labute approximate surface area is 148 Å². The molecule has 26 heavy (non-hydrogen) atoms. The first-order valence-electron chi connectivity index (χ1n) is 7.07. The molecule has 1 aromatic carbocycles. The highest BCUT2D eigenvalue weighted by atomic mass is 35.5. The number of halogens is 7. The smallest absolute Gasteiger partial charge is 0.475 e. The summed E-state index contributed by atoms with van der Waals surface area (Å²) >= 11 is 5.19. The average Bonchev–Trinajstić information content (AvgIpc) is 2.50. The fraction of sp³-hybridized carbons (Fsp3) is 0.400. The van der Waals surface area contributed by atoms with Gasteiger partial charge >= 0.3 is 18.5 Å². The number of hydrogen-bond acceptors (Lipinski definition) is 4. The predicted octanol–water partition coefficient (Wildman–Crippen LogP) is 4.59. The zero-order valence-corrected chi connectivity index (χ0v) is 13.8. The second-order valence-electron chi connectivity index (χ2n) is 5.08. The summed E-state index contributed by atoms with van der Waals surface area (Å²) in [6, 6.07) is 1.04. The largest absolute Gasteiger partial charge is 0.573 e. The van der Waals surface area contributed by atoms with E-state index in [4.69, 9.17) is 16.3 Å². The normalized spacial score (nSPS) is 17.1. The lowest BCUT2D eigenvalue weighted by molar-refractivity contribution is -0.274. The van der Waals surface area contributed by atoms with Crippen molar-refractivity contribution in [3.05, 3.63) is 28.8 Å². The molecule has 0 saturated carbocycles. The van der Waals surface area contributed by atoms with Crippen molar-refractivity contribution in [2.75, 3.05) is 6.07 Å². The Morgan fingerprint density at radius 2 is 1.88 bits per heavy atom. The molecule has 2 rings (SSSR count). The van der Waals surface area contributed by atoms with Crippen LogP contribution in [0.4, 0.5) is 26.3 Å². The van der Waals surface area contributed by atoms with Crippen molar-refractivity contribution in [1.82, 2.24) is 0 Å². The molecule has 0 aliphatic carbocycles. The summed E-state index contributed by atoms with van der Waals surface area (Å²) in [6.45, 7) is 1.51. The monoisotopic (exact) mass is 404 g/mol. The van der Waals surface area contributed by atoms with E-state index in [0.717, 1.165) is 18.2 Å². The van der Waals surface area contributed by atoms with Crippen molar-refractivity contribution in [2.45, 2.75) is 32.0 Å². The van der Waals surface area contributed by atoms with Crippen molar-refractivity contribution in [3.63, 3.8) is 0 Å². The number of carbonyl (C=O) groups excluding carboxylic acids is 1. The van der Waals surface area contributed by atoms with Crippen LogP contribution in [0.3, 0.4) is 0 Å². The molecule has 1 atom stereocenters. The topological polar surface area (TPSA) is 44.8 Å². The van der Waals surface area contributed by atoms with Gasteiger partial charge in [-0.05, 0) is 30.2 Å². The van der Waals surface area contributed by atoms with Gasteiger partial charge in [-0.15, -0.1) is 13.2 Å². The number of benzene rings is 1. The number of carbonyl (C=O) groups is 1. The van der Waals surface area contributed by atoms with Crippen LogP contribution >= 0.6 is 11.6 Å². The van der Waals surface area contributed by atoms with Crippen LogP contribution in [0, 0.1) is 0 Å². The van der Waals surface area contributed by atoms with Crippen LogP contribution in [0.15, 0.2) is 17.7 Å². The Kier molecular flexibility index (Phi) is 5.64. The fourth-order valence-electron chi connectivity index (χ4n) is 2.36. The van der Waals surface area contributed by atoms with Crippen LogP contribution in [-0.2, 0) is 16.0 Å². The van der Waals surface area contributed by atoms with E-state index in [2.05, 4.69) is 9.47 Å². The first-order chi connectivity index (χ1) is 12.0. The van der Waals surface area contributed by atoms with Gasteiger partial charge in [0, 0.05) is 5.56 Å². The minimum atomic E-state index is -4.99. The Morgan fingerprint density at radius 3 is 2.38 bits per heavy atom. The first-order valence-corrected chi connectivity index (χ1v) is 7.60. The van der Waals surface area contributed by atoms with Crippen molar-refractivity contribution >= 4 is 23.6 Å². The van der Waals surface area contributed by atoms with E-state index in [1.807, 2.05) is 0 Å². The maximum Gasteiger partial charge on any atom is 0.573 e. The van der Waals surface area contributed by atoms with Gasteiger partial charge in [-0.1, -0.05) is 18.5 Å². The third kappa shape index (κ3) is 4.54. The summed E-state index contributed by atoms with van der Waals surface area (Å²) in [7, 11) is 0. The van der Waals surface area contributed by atoms with Gasteiger partial charge in [0.25, 0.3) is 0 Å². The zero-order chi connectivity index (χ0) is 19.7. The summed E-state index contributed by atoms with van der Waals surface area (Å²) in [4.78, 5) is 11.8. The molecule has 1 aromatic rings. The first kappa shape index (κ1) is 20.2. The van der Waals surface area contributed by atoms with Crippen LogP contribution in [0.25, 0.3) is 6.08 Å². The van der Waals surface area contributed by atoms with Crippen molar-refractivity contribution < 1.29 is 45.3 Å². The number of ether oxygens (including phenoxy) is 3. The number of aryl methyl sites for hydroxylation is 1. The number of esters is 1. The van der Waals surface area contributed by atoms with Gasteiger partial charge in [-0.25, -0.2) is 4.79 Å². The molecule has 0 radical (unpaired) electrons. The summed E-state index contributed by atoms with van der Waals surface area (Å²) in [5, 5.41) is 0. The van der Waals surface area contributed by atoms with E-state index in [9.17, 15) is 31.1 Å². The maximum absolute atomic E-state index is 13.2. The lowest BCUT2D eigenvalue weighted by Gasteiger charge is -2.29. The third-order valence-electron chi connectivity index (χ3n) is 3.33. The predicted molar refractivity (Wildman–Crippen MR) is 77.8 cm³/mol. The standard InChI is InChI=1S/C15H11ClF6O4/c1-2-7-3-9(26-15(20,21)22)4-8-5-10(13(23)24-6-16)12(14(17,18)19)25-11(7)8/h3-5,12H,2,6H2,1H3/t12-/m0/s1. The number of hydrogen-bond donors (Lipinski definition) is 0. The van der Waals surface area contributed by atoms with Gasteiger partial charge in [0.2, 0.25) is 6.10 Å². The minimum Gasteiger partial charge on any atom is -0.475 e. The highest BCUT2D eigenvalue weighted by Crippen LogP contribution is 2.42. The molecule has 0 unspecified atom stereocenters. The van der Waals surface area contributed by atoms with Crippen LogP contribution in [-0.4, -0.2) is 30.7 Å². The quantitative estimate of drug-likeness (QED) is 0.418. The summed E-state index contributed by atoms with van der Waals surface area (Å²) < 4.78 is 90.1. The molecular weight excluding hydrogens is 394 g/mol. The van der Waals surface area contributed by atoms with Gasteiger partial charge in [-0.3, -0.25) is 0 Å². The Balaban J connectivity index is 2.58. The molecule has 1 heterocycles. The maximum atomic E-state index is 13.2. The summed E-state index contributed by atoms with van der Waals surface area (Å²) in [6.07, 6.45) is -11.8. The van der Waals surface area contributed by atoms with Crippen LogP contribution < -0.4 is 9.47 Å². The summed E-state index contributed by atoms with van der Waals surface area (Å²) in [5.74, 6) is -2.33. The van der Waals surface area contributed by atoms with E-state index in [-0.39, 0.29) is 23.3 Å². The Morgan fingerprint density at radius 1 is 1.23 bits per heavy atom. The lowest BCUT2D eigenvalue weighted by Crippen LogP contribution is -2.41. The molecule has 0 amide bonds. The number of alkyl halides is 7. The molecule has 0 bridgehead atoms. The van der Waals surface area contributed by atoms with Crippen LogP contribution in [0.1, 0.15) is 18.1 Å². The SMILES string of the molecule is CCc1cc(OC(F)(F)F)cc2c1O[C@H](C(F)(F)F)C(C(=O)OCCl)=C2. The molecule has 0 spiro atoms. The second kappa shape index (κ2) is 7.26. The minimum absolute atomic E-state index is 0.0528. The van der Waals surface area contributed by atoms with Gasteiger partial charge in [0.1, 0.15) is 11.5 Å². The molecule has 0 saturated heterocycles. The van der Waals surface area contributed by atoms with E-state index in [0.29, 0.717) is 0 Å². The molecule has 4 nitrogen and oxygen atoms in total. The molecule has 0 aromatic heterocycles. The van der Waals surface area contributed by atoms with Crippen molar-refractivity contribution in [3.8, 4) is 11.5 Å². The third-order valence-corrected chi connectivity index (χ3v) is 3.44.